The monoisotopic (exact) mass is 386 g/mol. The zero-order valence-corrected chi connectivity index (χ0v) is 14.9. The highest BCUT2D eigenvalue weighted by molar-refractivity contribution is 7.92. The van der Waals surface area contributed by atoms with Gasteiger partial charge in [0, 0.05) is 14.1 Å². The molecule has 0 saturated carbocycles. The van der Waals surface area contributed by atoms with Crippen LogP contribution < -0.4 is 4.31 Å². The van der Waals surface area contributed by atoms with Gasteiger partial charge in [-0.2, -0.15) is 13.2 Å². The summed E-state index contributed by atoms with van der Waals surface area (Å²) >= 11 is 0. The highest BCUT2D eigenvalue weighted by atomic mass is 32.2. The van der Waals surface area contributed by atoms with Crippen LogP contribution in [0.3, 0.4) is 0 Å². The Bertz CT molecular complexity index is 882. The summed E-state index contributed by atoms with van der Waals surface area (Å²) < 4.78 is 65.5. The Kier molecular flexibility index (Phi) is 5.60. The van der Waals surface area contributed by atoms with E-state index in [0.717, 1.165) is 12.1 Å². The Balaban J connectivity index is 2.57. The van der Waals surface area contributed by atoms with Crippen molar-refractivity contribution in [3.63, 3.8) is 0 Å². The zero-order valence-electron chi connectivity index (χ0n) is 14.1. The van der Waals surface area contributed by atoms with E-state index in [2.05, 4.69) is 0 Å². The Morgan fingerprint density at radius 2 is 1.62 bits per heavy atom. The lowest BCUT2D eigenvalue weighted by atomic mass is 10.2. The van der Waals surface area contributed by atoms with Crippen molar-refractivity contribution in [2.24, 2.45) is 0 Å². The molecule has 0 fully saturated rings. The zero-order chi connectivity index (χ0) is 19.5. The third-order valence-corrected chi connectivity index (χ3v) is 5.36. The van der Waals surface area contributed by atoms with Crippen LogP contribution in [0.4, 0.5) is 18.9 Å². The number of carbonyl (C=O) groups is 1. The predicted octanol–water partition coefficient (Wildman–Crippen LogP) is 2.99. The van der Waals surface area contributed by atoms with Crippen molar-refractivity contribution in [1.29, 1.82) is 0 Å². The molecule has 2 aromatic carbocycles. The minimum atomic E-state index is -4.64. The summed E-state index contributed by atoms with van der Waals surface area (Å²) in [6.07, 6.45) is -4.64. The van der Waals surface area contributed by atoms with Crippen LogP contribution in [-0.4, -0.2) is 39.9 Å². The van der Waals surface area contributed by atoms with Gasteiger partial charge in [0.25, 0.3) is 10.0 Å². The number of hydrogen-bond donors (Lipinski definition) is 0. The number of nitrogens with zero attached hydrogens (tertiary/aromatic N) is 2. The Hall–Kier alpha value is -2.55. The Labute approximate surface area is 149 Å². The van der Waals surface area contributed by atoms with Gasteiger partial charge in [0.05, 0.1) is 16.1 Å². The molecule has 0 saturated heterocycles. The summed E-state index contributed by atoms with van der Waals surface area (Å²) in [6.45, 7) is -0.620. The highest BCUT2D eigenvalue weighted by Gasteiger charge is 2.33. The van der Waals surface area contributed by atoms with Crippen LogP contribution in [0.1, 0.15) is 5.56 Å². The van der Waals surface area contributed by atoms with Gasteiger partial charge in [-0.15, -0.1) is 0 Å². The fourth-order valence-electron chi connectivity index (χ4n) is 2.14. The lowest BCUT2D eigenvalue weighted by Gasteiger charge is -2.26. The second-order valence-electron chi connectivity index (χ2n) is 5.66. The molecule has 1 amide bonds. The average Bonchev–Trinajstić information content (AvgIpc) is 2.59. The number of likely N-dealkylation sites (N-methyl/N-ethyl adjacent to an activating group) is 1. The summed E-state index contributed by atoms with van der Waals surface area (Å²) in [5, 5.41) is 0. The molecule has 0 unspecified atom stereocenters. The first-order valence-electron chi connectivity index (χ1n) is 7.48. The molecule has 2 aromatic rings. The molecule has 0 bridgehead atoms. The quantitative estimate of drug-likeness (QED) is 0.794. The lowest BCUT2D eigenvalue weighted by Crippen LogP contribution is -2.40. The molecule has 0 aliphatic carbocycles. The number of sulfonamides is 1. The molecule has 0 radical (unpaired) electrons. The second kappa shape index (κ2) is 7.36. The van der Waals surface area contributed by atoms with Crippen molar-refractivity contribution in [1.82, 2.24) is 4.90 Å². The van der Waals surface area contributed by atoms with Crippen LogP contribution in [0, 0.1) is 0 Å². The first kappa shape index (κ1) is 19.8. The van der Waals surface area contributed by atoms with Crippen molar-refractivity contribution >= 4 is 21.6 Å². The molecular formula is C17H17F3N2O3S. The minimum Gasteiger partial charge on any atom is -0.347 e. The molecule has 0 heterocycles. The molecule has 26 heavy (non-hydrogen) atoms. The van der Waals surface area contributed by atoms with Gasteiger partial charge >= 0.3 is 6.18 Å². The molecule has 140 valence electrons. The van der Waals surface area contributed by atoms with E-state index in [1.54, 1.807) is 6.07 Å². The SMILES string of the molecule is CN(C)C(=O)CN(c1cccc(C(F)(F)F)c1)S(=O)(=O)c1ccccc1. The van der Waals surface area contributed by atoms with E-state index in [-0.39, 0.29) is 10.6 Å². The van der Waals surface area contributed by atoms with Crippen molar-refractivity contribution < 1.29 is 26.4 Å². The van der Waals surface area contributed by atoms with Gasteiger partial charge in [-0.05, 0) is 30.3 Å². The molecule has 5 nitrogen and oxygen atoms in total. The van der Waals surface area contributed by atoms with Crippen LogP contribution in [-0.2, 0) is 21.0 Å². The van der Waals surface area contributed by atoms with Gasteiger partial charge in [-0.3, -0.25) is 9.10 Å². The van der Waals surface area contributed by atoms with Crippen molar-refractivity contribution in [2.45, 2.75) is 11.1 Å². The molecule has 0 N–H and O–H groups in total. The molecule has 2 rings (SSSR count). The number of halogens is 3. The van der Waals surface area contributed by atoms with Gasteiger partial charge in [0.1, 0.15) is 6.54 Å². The van der Waals surface area contributed by atoms with E-state index < -0.39 is 34.2 Å². The van der Waals surface area contributed by atoms with Crippen LogP contribution in [0.15, 0.2) is 59.5 Å². The number of rotatable bonds is 5. The van der Waals surface area contributed by atoms with Crippen molar-refractivity contribution in [2.75, 3.05) is 24.9 Å². The molecule has 0 atom stereocenters. The third-order valence-electron chi connectivity index (χ3n) is 3.57. The standard InChI is InChI=1S/C17H17F3N2O3S/c1-21(2)16(23)12-22(26(24,25)15-9-4-3-5-10-15)14-8-6-7-13(11-14)17(18,19)20/h3-11H,12H2,1-2H3. The molecular weight excluding hydrogens is 369 g/mol. The molecule has 0 aliphatic rings. The van der Waals surface area contributed by atoms with E-state index in [9.17, 15) is 26.4 Å². The Morgan fingerprint density at radius 1 is 1.00 bits per heavy atom. The molecule has 0 spiro atoms. The Morgan fingerprint density at radius 3 is 2.15 bits per heavy atom. The summed E-state index contributed by atoms with van der Waals surface area (Å²) in [7, 11) is -1.36. The number of benzene rings is 2. The number of alkyl halides is 3. The second-order valence-corrected chi connectivity index (χ2v) is 7.52. The number of amides is 1. The van der Waals surface area contributed by atoms with Gasteiger partial charge in [0.2, 0.25) is 5.91 Å². The maximum atomic E-state index is 13.0. The fraction of sp³-hybridized carbons (Fsp3) is 0.235. The summed E-state index contributed by atoms with van der Waals surface area (Å²) in [6, 6.07) is 11.1. The number of carbonyl (C=O) groups excluding carboxylic acids is 1. The van der Waals surface area contributed by atoms with E-state index >= 15 is 0 Å². The number of anilines is 1. The average molecular weight is 386 g/mol. The normalized spacial score (nSPS) is 11.9. The molecule has 0 aromatic heterocycles. The smallest absolute Gasteiger partial charge is 0.347 e. The fourth-order valence-corrected chi connectivity index (χ4v) is 3.56. The van der Waals surface area contributed by atoms with E-state index in [0.29, 0.717) is 10.4 Å². The predicted molar refractivity (Wildman–Crippen MR) is 91.1 cm³/mol. The summed E-state index contributed by atoms with van der Waals surface area (Å²) in [5.74, 6) is -0.568. The van der Waals surface area contributed by atoms with E-state index in [1.807, 2.05) is 0 Å². The van der Waals surface area contributed by atoms with E-state index in [1.165, 1.54) is 49.3 Å². The van der Waals surface area contributed by atoms with Gasteiger partial charge in [-0.1, -0.05) is 24.3 Å². The maximum Gasteiger partial charge on any atom is 0.416 e. The van der Waals surface area contributed by atoms with Gasteiger partial charge in [0.15, 0.2) is 0 Å². The van der Waals surface area contributed by atoms with Crippen LogP contribution in [0.5, 0.6) is 0 Å². The van der Waals surface area contributed by atoms with Crippen LogP contribution in [0.2, 0.25) is 0 Å². The van der Waals surface area contributed by atoms with Crippen LogP contribution in [0.25, 0.3) is 0 Å². The van der Waals surface area contributed by atoms with Crippen molar-refractivity contribution in [3.8, 4) is 0 Å². The summed E-state index contributed by atoms with van der Waals surface area (Å²) in [4.78, 5) is 13.1. The summed E-state index contributed by atoms with van der Waals surface area (Å²) in [5.41, 5.74) is -1.24. The molecule has 0 aliphatic heterocycles. The minimum absolute atomic E-state index is 0.121. The first-order valence-corrected chi connectivity index (χ1v) is 8.92. The van der Waals surface area contributed by atoms with Gasteiger partial charge < -0.3 is 4.90 Å². The lowest BCUT2D eigenvalue weighted by molar-refractivity contribution is -0.137. The highest BCUT2D eigenvalue weighted by Crippen LogP contribution is 2.33. The largest absolute Gasteiger partial charge is 0.416 e. The van der Waals surface area contributed by atoms with Crippen molar-refractivity contribution in [3.05, 3.63) is 60.2 Å². The maximum absolute atomic E-state index is 13.0. The topological polar surface area (TPSA) is 57.7 Å². The van der Waals surface area contributed by atoms with Crippen LogP contribution >= 0.6 is 0 Å². The van der Waals surface area contributed by atoms with Gasteiger partial charge in [-0.25, -0.2) is 8.42 Å². The molecule has 9 heteroatoms. The first-order chi connectivity index (χ1) is 12.0. The number of hydrogen-bond acceptors (Lipinski definition) is 3. The third kappa shape index (κ3) is 4.34. The van der Waals surface area contributed by atoms with E-state index in [4.69, 9.17) is 0 Å².